The fourth-order valence-electron chi connectivity index (χ4n) is 5.74. The lowest BCUT2D eigenvalue weighted by Crippen LogP contribution is -2.59. The number of aliphatic imine (C=N–C) groups is 4. The number of nitrogens with two attached hydrogens (primary N) is 10. The number of rotatable bonds is 36. The number of carboxylic acids is 1. The predicted octanol–water partition coefficient (Wildman–Crippen LogP) is -8.07. The maximum absolute atomic E-state index is 14.1. The molecule has 0 aliphatic rings. The van der Waals surface area contributed by atoms with Crippen LogP contribution in [-0.4, -0.2) is 168 Å². The summed E-state index contributed by atoms with van der Waals surface area (Å²) in [5.74, 6) is -8.58. The molecule has 0 heterocycles. The monoisotopic (exact) mass is 1050 g/mol. The molecule has 0 fully saturated rings. The Bertz CT molecular complexity index is 1910. The summed E-state index contributed by atoms with van der Waals surface area (Å²) in [4.78, 5) is 133. The van der Waals surface area contributed by atoms with Crippen molar-refractivity contribution in [2.75, 3.05) is 37.7 Å². The van der Waals surface area contributed by atoms with Crippen molar-refractivity contribution in [2.45, 2.75) is 120 Å². The first-order valence-corrected chi connectivity index (χ1v) is 24.6. The fourth-order valence-corrected chi connectivity index (χ4v) is 8.02. The Kier molecular flexibility index (Phi) is 31.6. The number of nitrogens with zero attached hydrogens (tertiary/aromatic N) is 4. The van der Waals surface area contributed by atoms with Crippen LogP contribution in [0, 0.1) is 0 Å². The number of hydrogen-bond acceptors (Lipinski definition) is 16. The van der Waals surface area contributed by atoms with Crippen molar-refractivity contribution in [1.82, 2.24) is 37.2 Å². The Morgan fingerprint density at radius 2 is 0.732 bits per heavy atom. The number of aliphatic carboxylic acids is 1. The summed E-state index contributed by atoms with van der Waals surface area (Å²) in [7, 11) is 2.12. The molecule has 0 saturated carbocycles. The zero-order valence-corrected chi connectivity index (χ0v) is 41.7. The molecule has 0 bridgehead atoms. The Morgan fingerprint density at radius 1 is 0.437 bits per heavy atom. The Labute approximate surface area is 418 Å². The number of hydrogen-bond donors (Lipinski definition) is 18. The van der Waals surface area contributed by atoms with E-state index in [1.54, 1.807) is 0 Å². The van der Waals surface area contributed by atoms with Crippen molar-refractivity contribution in [3.8, 4) is 0 Å². The lowest BCUT2D eigenvalue weighted by Gasteiger charge is -2.27. The van der Waals surface area contributed by atoms with E-state index in [0.717, 1.165) is 21.6 Å². The normalized spacial score (nSPS) is 14.0. The van der Waals surface area contributed by atoms with Gasteiger partial charge in [-0.1, -0.05) is 21.6 Å². The van der Waals surface area contributed by atoms with Crippen LogP contribution in [-0.2, 0) is 43.2 Å². The number of carboxylic acid groups (broad SMARTS) is 1. The van der Waals surface area contributed by atoms with Gasteiger partial charge in [-0.3, -0.25) is 63.1 Å². The molecule has 0 aromatic heterocycles. The van der Waals surface area contributed by atoms with Gasteiger partial charge in [0.2, 0.25) is 47.3 Å². The third kappa shape index (κ3) is 30.2. The van der Waals surface area contributed by atoms with Crippen LogP contribution in [0.2, 0.25) is 0 Å². The molecule has 0 saturated heterocycles. The van der Waals surface area contributed by atoms with Gasteiger partial charge in [-0.15, -0.1) is 0 Å². The molecule has 8 atom stereocenters. The van der Waals surface area contributed by atoms with E-state index < -0.39 is 102 Å². The molecular formula is C38H73N21O10S2. The van der Waals surface area contributed by atoms with Crippen LogP contribution < -0.4 is 94.6 Å². The minimum Gasteiger partial charge on any atom is -0.480 e. The summed E-state index contributed by atoms with van der Waals surface area (Å²) in [6, 6.07) is -10.2. The van der Waals surface area contributed by atoms with E-state index in [1.165, 1.54) is 20.8 Å². The first-order chi connectivity index (χ1) is 33.2. The highest BCUT2D eigenvalue weighted by Crippen LogP contribution is 2.23. The Hall–Kier alpha value is -7.03. The molecule has 0 unspecified atom stereocenters. The molecule has 8 amide bonds. The van der Waals surface area contributed by atoms with Crippen molar-refractivity contribution in [2.24, 2.45) is 77.3 Å². The molecule has 0 rings (SSSR count). The minimum atomic E-state index is -1.41. The highest BCUT2D eigenvalue weighted by atomic mass is 33.1. The molecule has 0 radical (unpaired) electrons. The van der Waals surface area contributed by atoms with Crippen molar-refractivity contribution in [1.29, 1.82) is 0 Å². The molecule has 33 heteroatoms. The fraction of sp³-hybridized carbons (Fsp3) is 0.658. The zero-order chi connectivity index (χ0) is 54.2. The number of carbonyl (C=O) groups is 9. The van der Waals surface area contributed by atoms with Gasteiger partial charge < -0.3 is 99.7 Å². The maximum Gasteiger partial charge on any atom is 0.321 e. The summed E-state index contributed by atoms with van der Waals surface area (Å²) in [6.45, 7) is 4.04. The van der Waals surface area contributed by atoms with Crippen LogP contribution in [0.3, 0.4) is 0 Å². The standard InChI is InChI=1S/C38H73N21O10S2/c1-18(28(62)56-22(27(40)61)8-4-12-49-35(41)42)53-30(64)23(9-5-13-50-36(43)44)58-32(66)25(11-7-15-52-38(47)48)59-31(65)24(10-6-14-51-37(45)46)57-29(63)19(2)54-33(67)26(55-20(3)60)17-71-70-16-21(39)34(68)69/h18-19,21-26H,4-17,39H2,1-3H3,(H2,40,61)(H,53,64)(H,54,67)(H,55,60)(H,56,62)(H,57,63)(H,58,66)(H,59,65)(H,68,69)(H4,41,42,49)(H4,43,44,50)(H4,45,46,51)(H4,47,48,52)/t18-,19-,21+,22+,23-,24-,25-,26+/m1/s1. The second kappa shape index (κ2) is 35.1. The van der Waals surface area contributed by atoms with Gasteiger partial charge >= 0.3 is 5.97 Å². The first-order valence-electron chi connectivity index (χ1n) is 22.1. The summed E-state index contributed by atoms with van der Waals surface area (Å²) in [6.07, 6.45) is 0.443. The predicted molar refractivity (Wildman–Crippen MR) is 270 cm³/mol. The van der Waals surface area contributed by atoms with Crippen LogP contribution in [0.5, 0.6) is 0 Å². The summed E-state index contributed by atoms with van der Waals surface area (Å²) >= 11 is 0. The topological polar surface area (TPSA) is 568 Å². The number of guanidine groups is 4. The van der Waals surface area contributed by atoms with Gasteiger partial charge in [-0.2, -0.15) is 0 Å². The number of amides is 8. The van der Waals surface area contributed by atoms with E-state index in [1.807, 2.05) is 0 Å². The van der Waals surface area contributed by atoms with E-state index in [2.05, 4.69) is 57.2 Å². The van der Waals surface area contributed by atoms with E-state index >= 15 is 0 Å². The van der Waals surface area contributed by atoms with Gasteiger partial charge in [-0.25, -0.2) is 0 Å². The molecule has 402 valence electrons. The number of nitrogens with one attached hydrogen (secondary N) is 7. The van der Waals surface area contributed by atoms with Crippen molar-refractivity contribution >= 4 is 98.7 Å². The molecule has 0 aromatic rings. The van der Waals surface area contributed by atoms with E-state index in [0.29, 0.717) is 0 Å². The molecule has 31 nitrogen and oxygen atoms in total. The highest BCUT2D eigenvalue weighted by Gasteiger charge is 2.32. The second-order valence-corrected chi connectivity index (χ2v) is 18.2. The van der Waals surface area contributed by atoms with Gasteiger partial charge in [0.15, 0.2) is 23.8 Å². The van der Waals surface area contributed by atoms with Gasteiger partial charge in [0.05, 0.1) is 0 Å². The van der Waals surface area contributed by atoms with Crippen LogP contribution in [0.15, 0.2) is 20.0 Å². The van der Waals surface area contributed by atoms with Crippen LogP contribution in [0.1, 0.15) is 72.1 Å². The molecule has 0 aliphatic heterocycles. The van der Waals surface area contributed by atoms with Crippen LogP contribution in [0.4, 0.5) is 0 Å². The SMILES string of the molecule is CC(=O)N[C@@H](CSSC[C@H](N)C(=O)O)C(=O)N[C@H](C)C(=O)N[C@H](CCCN=C(N)N)C(=O)N[C@H](CCCN=C(N)N)C(=O)N[C@H](CCCN=C(N)N)C(=O)N[C@H](C)C(=O)N[C@@H](CCCN=C(N)N)C(N)=O. The molecule has 71 heavy (non-hydrogen) atoms. The summed E-state index contributed by atoms with van der Waals surface area (Å²) in [5.41, 5.74) is 54.4. The number of primary amides is 1. The van der Waals surface area contributed by atoms with Gasteiger partial charge in [0.1, 0.15) is 48.3 Å². The first kappa shape index (κ1) is 64.0. The molecule has 0 aliphatic carbocycles. The van der Waals surface area contributed by atoms with E-state index in [-0.39, 0.29) is 113 Å². The maximum atomic E-state index is 14.1. The van der Waals surface area contributed by atoms with Crippen molar-refractivity contribution < 1.29 is 48.3 Å². The van der Waals surface area contributed by atoms with Gasteiger partial charge in [-0.05, 0) is 65.2 Å². The largest absolute Gasteiger partial charge is 0.480 e. The average molecular weight is 1050 g/mol. The molecule has 28 N–H and O–H groups in total. The third-order valence-electron chi connectivity index (χ3n) is 9.42. The summed E-state index contributed by atoms with van der Waals surface area (Å²) in [5, 5.41) is 26.7. The minimum absolute atomic E-state index is 0.00144. The Morgan fingerprint density at radius 3 is 1.06 bits per heavy atom. The van der Waals surface area contributed by atoms with Crippen molar-refractivity contribution in [3.05, 3.63) is 0 Å². The van der Waals surface area contributed by atoms with E-state index in [9.17, 15) is 43.2 Å². The molecule has 0 spiro atoms. The van der Waals surface area contributed by atoms with Crippen LogP contribution in [0.25, 0.3) is 0 Å². The highest BCUT2D eigenvalue weighted by molar-refractivity contribution is 8.76. The lowest BCUT2D eigenvalue weighted by atomic mass is 10.0. The second-order valence-electron chi connectivity index (χ2n) is 15.7. The smallest absolute Gasteiger partial charge is 0.321 e. The summed E-state index contributed by atoms with van der Waals surface area (Å²) < 4.78 is 0. The Balaban J connectivity index is 6.54. The van der Waals surface area contributed by atoms with Gasteiger partial charge in [0.25, 0.3) is 0 Å². The quantitative estimate of drug-likeness (QED) is 0.0120. The van der Waals surface area contributed by atoms with E-state index in [4.69, 9.17) is 62.4 Å². The zero-order valence-electron chi connectivity index (χ0n) is 40.0. The lowest BCUT2D eigenvalue weighted by molar-refractivity contribution is -0.138. The van der Waals surface area contributed by atoms with Gasteiger partial charge in [0, 0.05) is 44.6 Å². The number of carbonyl (C=O) groups excluding carboxylic acids is 8. The molecule has 0 aromatic carbocycles. The van der Waals surface area contributed by atoms with Crippen LogP contribution >= 0.6 is 21.6 Å². The third-order valence-corrected chi connectivity index (χ3v) is 11.9. The molecular weight excluding hydrogens is 975 g/mol. The average Bonchev–Trinajstić information content (AvgIpc) is 3.27. The van der Waals surface area contributed by atoms with Crippen molar-refractivity contribution in [3.63, 3.8) is 0 Å².